The van der Waals surface area contributed by atoms with Crippen molar-refractivity contribution < 1.29 is 52.8 Å². The number of hydrogen-bond acceptors (Lipinski definition) is 12. The van der Waals surface area contributed by atoms with E-state index in [0.29, 0.717) is 67.1 Å². The molecule has 20 nitrogen and oxygen atoms in total. The molecule has 2 saturated heterocycles. The van der Waals surface area contributed by atoms with E-state index in [1.54, 1.807) is 49.9 Å². The van der Waals surface area contributed by atoms with Gasteiger partial charge in [-0.3, -0.25) is 38.4 Å². The fourth-order valence-corrected chi connectivity index (χ4v) is 8.28. The molecule has 21 heteroatoms. The Morgan fingerprint density at radius 2 is 1.34 bits per heavy atom. The van der Waals surface area contributed by atoms with Crippen molar-refractivity contribution in [3.8, 4) is 0 Å². The zero-order valence-corrected chi connectivity index (χ0v) is 39.6. The Hall–Kier alpha value is -6.51. The van der Waals surface area contributed by atoms with Crippen LogP contribution in [-0.2, 0) is 53.7 Å². The summed E-state index contributed by atoms with van der Waals surface area (Å²) >= 11 is 1.74. The van der Waals surface area contributed by atoms with Crippen LogP contribution in [0.3, 0.4) is 0 Å². The van der Waals surface area contributed by atoms with Crippen molar-refractivity contribution in [3.63, 3.8) is 0 Å². The first kappa shape index (κ1) is 54.1. The van der Waals surface area contributed by atoms with E-state index in [2.05, 4.69) is 37.2 Å². The third-order valence-electron chi connectivity index (χ3n) is 11.1. The summed E-state index contributed by atoms with van der Waals surface area (Å²) in [5, 5.41) is 19.7. The number of nitrogens with zero attached hydrogens (tertiary/aromatic N) is 1. The van der Waals surface area contributed by atoms with Gasteiger partial charge in [-0.1, -0.05) is 63.4 Å². The molecule has 1 unspecified atom stereocenters. The Balaban J connectivity index is 1.19. The van der Waals surface area contributed by atoms with Crippen molar-refractivity contribution in [3.05, 3.63) is 60.2 Å². The number of hydroxylamine groups is 2. The maximum absolute atomic E-state index is 13.6. The van der Waals surface area contributed by atoms with Crippen molar-refractivity contribution in [2.75, 3.05) is 22.9 Å². The molecule has 2 aliphatic rings. The molecule has 370 valence electrons. The molecular weight excluding hydrogens is 899 g/mol. The minimum atomic E-state index is -1.02. The predicted molar refractivity (Wildman–Crippen MR) is 254 cm³/mol. The zero-order chi connectivity index (χ0) is 49.4. The molecule has 68 heavy (non-hydrogen) atoms. The van der Waals surface area contributed by atoms with Crippen LogP contribution < -0.4 is 43.0 Å². The first-order valence-corrected chi connectivity index (χ1v) is 24.4. The van der Waals surface area contributed by atoms with E-state index in [1.165, 1.54) is 0 Å². The number of hydrogen-bond donors (Lipinski definition) is 8. The van der Waals surface area contributed by atoms with Crippen molar-refractivity contribution >= 4 is 82.4 Å². The Kier molecular flexibility index (Phi) is 22.8. The topological polar surface area (TPSA) is 293 Å². The largest absolute Gasteiger partial charge is 0.352 e. The molecular formula is C47H65N9O11S. The SMILES string of the molecule is CC(C)C(NC(=O)CCCCCC(=O)ON1C(=O)CCC1=O)C(=O)N[C@@H](CCCNC(N)=O)C(=O)Nc1ccc(CSCCCCC[C@H](NC(=O)[C@H]2CCC(=O)N2)C(=O)Nc2ccccc2)cc1. The first-order valence-electron chi connectivity index (χ1n) is 23.2. The van der Waals surface area contributed by atoms with E-state index in [1.807, 2.05) is 30.3 Å². The van der Waals surface area contributed by atoms with Gasteiger partial charge in [0.2, 0.25) is 35.4 Å². The minimum Gasteiger partial charge on any atom is -0.352 e. The lowest BCUT2D eigenvalue weighted by molar-refractivity contribution is -0.197. The molecule has 4 rings (SSSR count). The number of primary amides is 1. The number of benzene rings is 2. The summed E-state index contributed by atoms with van der Waals surface area (Å²) in [4.78, 5) is 129. The number of thioether (sulfide) groups is 1. The fourth-order valence-electron chi connectivity index (χ4n) is 7.30. The van der Waals surface area contributed by atoms with Crippen molar-refractivity contribution in [1.82, 2.24) is 31.6 Å². The fraction of sp³-hybridized carbons (Fsp3) is 0.532. The van der Waals surface area contributed by atoms with Gasteiger partial charge >= 0.3 is 12.0 Å². The Labute approximate surface area is 400 Å². The van der Waals surface area contributed by atoms with E-state index < -0.39 is 65.7 Å². The molecule has 10 amide bonds. The number of para-hydroxylation sites is 1. The summed E-state index contributed by atoms with van der Waals surface area (Å²) in [7, 11) is 0. The van der Waals surface area contributed by atoms with Crippen LogP contribution in [0.4, 0.5) is 16.2 Å². The number of carbonyl (C=O) groups is 10. The molecule has 4 atom stereocenters. The van der Waals surface area contributed by atoms with Crippen LogP contribution in [0.15, 0.2) is 54.6 Å². The van der Waals surface area contributed by atoms with Gasteiger partial charge in [-0.2, -0.15) is 11.8 Å². The third kappa shape index (κ3) is 19.4. The number of rotatable bonds is 29. The van der Waals surface area contributed by atoms with Gasteiger partial charge in [0.05, 0.1) is 0 Å². The van der Waals surface area contributed by atoms with Crippen LogP contribution in [0.1, 0.15) is 116 Å². The lowest BCUT2D eigenvalue weighted by atomic mass is 10.0. The summed E-state index contributed by atoms with van der Waals surface area (Å²) in [6.45, 7) is 3.69. The van der Waals surface area contributed by atoms with E-state index in [4.69, 9.17) is 10.6 Å². The minimum absolute atomic E-state index is 0.000642. The number of nitrogens with one attached hydrogen (secondary N) is 7. The lowest BCUT2D eigenvalue weighted by Crippen LogP contribution is -2.54. The molecule has 0 bridgehead atoms. The number of anilines is 2. The van der Waals surface area contributed by atoms with Gasteiger partial charge in [0.25, 0.3) is 11.8 Å². The standard InChI is InChI=1S/C47H65N9O11S/c1-30(2)42(55-37(57)17-9-4-10-18-41(61)67-56-39(59)25-26-40(56)60)46(65)54-35(16-12-27-49-47(48)66)44(63)51-33-21-19-31(20-22-33)29-68-28-11-5-8-15-34(43(62)50-32-13-6-3-7-14-32)53-45(64)36-23-24-38(58)52-36/h3,6-7,13-14,19-22,30,34-36,42H,4-5,8-12,15-18,23-29H2,1-2H3,(H,50,62)(H,51,63)(H,52,58)(H,53,64)(H,54,65)(H,55,57)(H3,48,49,66)/t34-,35-,36+,42?/m0/s1. The van der Waals surface area contributed by atoms with Gasteiger partial charge in [0, 0.05) is 55.8 Å². The molecule has 0 aliphatic carbocycles. The van der Waals surface area contributed by atoms with Crippen molar-refractivity contribution in [2.45, 2.75) is 140 Å². The number of carbonyl (C=O) groups excluding carboxylic acids is 10. The highest BCUT2D eigenvalue weighted by molar-refractivity contribution is 7.98. The molecule has 0 radical (unpaired) electrons. The van der Waals surface area contributed by atoms with E-state index in [-0.39, 0.29) is 68.7 Å². The molecule has 2 fully saturated rings. The maximum Gasteiger partial charge on any atom is 0.333 e. The third-order valence-corrected chi connectivity index (χ3v) is 12.2. The van der Waals surface area contributed by atoms with Gasteiger partial charge in [-0.05, 0) is 86.4 Å². The molecule has 2 aromatic rings. The zero-order valence-electron chi connectivity index (χ0n) is 38.7. The van der Waals surface area contributed by atoms with E-state index in [9.17, 15) is 47.9 Å². The normalized spacial score (nSPS) is 15.7. The second-order valence-corrected chi connectivity index (χ2v) is 18.2. The maximum atomic E-state index is 13.6. The lowest BCUT2D eigenvalue weighted by Gasteiger charge is -2.25. The van der Waals surface area contributed by atoms with Crippen LogP contribution in [0.2, 0.25) is 0 Å². The predicted octanol–water partition coefficient (Wildman–Crippen LogP) is 3.45. The number of imide groups is 1. The van der Waals surface area contributed by atoms with Crippen molar-refractivity contribution in [2.24, 2.45) is 11.7 Å². The van der Waals surface area contributed by atoms with Gasteiger partial charge in [0.1, 0.15) is 24.2 Å². The van der Waals surface area contributed by atoms with Crippen LogP contribution >= 0.6 is 11.8 Å². The average Bonchev–Trinajstić information content (AvgIpc) is 3.89. The highest BCUT2D eigenvalue weighted by atomic mass is 32.2. The van der Waals surface area contributed by atoms with Crippen LogP contribution in [0.5, 0.6) is 0 Å². The summed E-state index contributed by atoms with van der Waals surface area (Å²) in [6.07, 6.45) is 5.26. The summed E-state index contributed by atoms with van der Waals surface area (Å²) < 4.78 is 0. The molecule has 2 aliphatic heterocycles. The summed E-state index contributed by atoms with van der Waals surface area (Å²) in [6, 6.07) is 12.2. The summed E-state index contributed by atoms with van der Waals surface area (Å²) in [5.74, 6) is -2.92. The van der Waals surface area contributed by atoms with E-state index >= 15 is 0 Å². The first-order chi connectivity index (χ1) is 32.6. The monoisotopic (exact) mass is 963 g/mol. The number of nitrogens with two attached hydrogens (primary N) is 1. The number of amides is 10. The molecule has 2 aromatic carbocycles. The van der Waals surface area contributed by atoms with Gasteiger partial charge in [-0.25, -0.2) is 9.59 Å². The second-order valence-electron chi connectivity index (χ2n) is 17.1. The number of urea groups is 1. The number of unbranched alkanes of at least 4 members (excludes halogenated alkanes) is 4. The van der Waals surface area contributed by atoms with Crippen molar-refractivity contribution in [1.29, 1.82) is 0 Å². The average molecular weight is 964 g/mol. The smallest absolute Gasteiger partial charge is 0.333 e. The second kappa shape index (κ2) is 28.6. The van der Waals surface area contributed by atoms with Gasteiger partial charge in [-0.15, -0.1) is 5.06 Å². The quantitative estimate of drug-likeness (QED) is 0.0430. The molecule has 2 heterocycles. The molecule has 9 N–H and O–H groups in total. The van der Waals surface area contributed by atoms with E-state index in [0.717, 1.165) is 24.2 Å². The Bertz CT molecular complexity index is 2060. The Morgan fingerprint density at radius 1 is 0.721 bits per heavy atom. The summed E-state index contributed by atoms with van der Waals surface area (Å²) in [5.41, 5.74) is 7.36. The van der Waals surface area contributed by atoms with Crippen LogP contribution in [-0.4, -0.2) is 101 Å². The van der Waals surface area contributed by atoms with Crippen LogP contribution in [0, 0.1) is 5.92 Å². The molecule has 0 aromatic heterocycles. The molecule has 0 spiro atoms. The highest BCUT2D eigenvalue weighted by Gasteiger charge is 2.33. The molecule has 0 saturated carbocycles. The Morgan fingerprint density at radius 3 is 1.97 bits per heavy atom. The van der Waals surface area contributed by atoms with Gasteiger partial charge in [0.15, 0.2) is 0 Å². The van der Waals surface area contributed by atoms with Crippen LogP contribution in [0.25, 0.3) is 0 Å². The highest BCUT2D eigenvalue weighted by Crippen LogP contribution is 2.20. The van der Waals surface area contributed by atoms with Gasteiger partial charge < -0.3 is 47.8 Å².